The van der Waals surface area contributed by atoms with Gasteiger partial charge in [-0.3, -0.25) is 10.1 Å². The third-order valence-corrected chi connectivity index (χ3v) is 3.51. The molecular formula is C16H22N2O5. The van der Waals surface area contributed by atoms with Crippen LogP contribution in [0.5, 0.6) is 5.75 Å². The van der Waals surface area contributed by atoms with E-state index in [1.54, 1.807) is 26.8 Å². The quantitative estimate of drug-likeness (QED) is 0.663. The molecule has 1 aliphatic carbocycles. The molecule has 1 aromatic rings. The van der Waals surface area contributed by atoms with Crippen molar-refractivity contribution in [1.82, 2.24) is 5.32 Å². The van der Waals surface area contributed by atoms with Gasteiger partial charge in [0.05, 0.1) is 16.5 Å². The number of benzene rings is 1. The fourth-order valence-corrected chi connectivity index (χ4v) is 2.05. The number of nitrogens with zero attached hydrogens (tertiary/aromatic N) is 1. The topological polar surface area (TPSA) is 90.7 Å². The highest BCUT2D eigenvalue weighted by atomic mass is 16.6. The van der Waals surface area contributed by atoms with Crippen molar-refractivity contribution >= 4 is 11.8 Å². The number of alkyl carbamates (subject to hydrolysis) is 1. The van der Waals surface area contributed by atoms with Crippen LogP contribution in [0, 0.1) is 17.0 Å². The molecule has 7 nitrogen and oxygen atoms in total. The van der Waals surface area contributed by atoms with Crippen molar-refractivity contribution in [1.29, 1.82) is 0 Å². The average molecular weight is 322 g/mol. The Bertz CT molecular complexity index is 617. The number of amides is 1. The summed E-state index contributed by atoms with van der Waals surface area (Å²) in [5.41, 5.74) is -0.212. The van der Waals surface area contributed by atoms with E-state index >= 15 is 0 Å². The van der Waals surface area contributed by atoms with E-state index in [0.717, 1.165) is 18.4 Å². The lowest BCUT2D eigenvalue weighted by molar-refractivity contribution is -0.385. The second kappa shape index (κ2) is 6.06. The molecule has 1 saturated carbocycles. The third kappa shape index (κ3) is 4.84. The van der Waals surface area contributed by atoms with Crippen LogP contribution in [0.2, 0.25) is 0 Å². The number of hydrogen-bond acceptors (Lipinski definition) is 5. The Morgan fingerprint density at radius 3 is 2.57 bits per heavy atom. The Morgan fingerprint density at radius 2 is 2.04 bits per heavy atom. The maximum atomic E-state index is 11.9. The minimum Gasteiger partial charge on any atom is -0.491 e. The lowest BCUT2D eigenvalue weighted by atomic mass is 10.2. The van der Waals surface area contributed by atoms with E-state index in [0.29, 0.717) is 5.75 Å². The number of ether oxygens (including phenoxy) is 2. The Kier molecular flexibility index (Phi) is 4.49. The van der Waals surface area contributed by atoms with Gasteiger partial charge in [0.1, 0.15) is 18.0 Å². The van der Waals surface area contributed by atoms with Crippen LogP contribution in [0.3, 0.4) is 0 Å². The van der Waals surface area contributed by atoms with Crippen LogP contribution in [0.1, 0.15) is 39.2 Å². The Balaban J connectivity index is 1.96. The molecule has 1 N–H and O–H groups in total. The van der Waals surface area contributed by atoms with Gasteiger partial charge in [-0.2, -0.15) is 0 Å². The highest BCUT2D eigenvalue weighted by Gasteiger charge is 2.46. The summed E-state index contributed by atoms with van der Waals surface area (Å²) in [6.45, 7) is 7.48. The molecule has 0 atom stereocenters. The van der Waals surface area contributed by atoms with Gasteiger partial charge in [-0.05, 0) is 52.2 Å². The summed E-state index contributed by atoms with van der Waals surface area (Å²) >= 11 is 0. The monoisotopic (exact) mass is 322 g/mol. The molecule has 7 heteroatoms. The molecule has 0 spiro atoms. The first-order chi connectivity index (χ1) is 10.6. The molecule has 0 unspecified atom stereocenters. The van der Waals surface area contributed by atoms with Crippen LogP contribution < -0.4 is 10.1 Å². The molecule has 2 rings (SSSR count). The smallest absolute Gasteiger partial charge is 0.408 e. The normalized spacial score (nSPS) is 15.7. The van der Waals surface area contributed by atoms with Crippen molar-refractivity contribution in [2.45, 2.75) is 51.7 Å². The molecule has 126 valence electrons. The van der Waals surface area contributed by atoms with E-state index in [1.165, 1.54) is 12.1 Å². The maximum Gasteiger partial charge on any atom is 0.408 e. The van der Waals surface area contributed by atoms with Crippen molar-refractivity contribution in [3.8, 4) is 5.75 Å². The Hall–Kier alpha value is -2.31. The molecule has 1 amide bonds. The highest BCUT2D eigenvalue weighted by Crippen LogP contribution is 2.37. The van der Waals surface area contributed by atoms with E-state index in [9.17, 15) is 14.9 Å². The maximum absolute atomic E-state index is 11.9. The number of aryl methyl sites for hydroxylation is 1. The summed E-state index contributed by atoms with van der Waals surface area (Å²) in [4.78, 5) is 22.2. The van der Waals surface area contributed by atoms with Gasteiger partial charge in [-0.15, -0.1) is 0 Å². The lowest BCUT2D eigenvalue weighted by Crippen LogP contribution is -2.44. The summed E-state index contributed by atoms with van der Waals surface area (Å²) in [6.07, 6.45) is 1.11. The first-order valence-electron chi connectivity index (χ1n) is 7.49. The second-order valence-electron chi connectivity index (χ2n) is 6.90. The Labute approximate surface area is 135 Å². The van der Waals surface area contributed by atoms with E-state index < -0.39 is 22.2 Å². The highest BCUT2D eigenvalue weighted by molar-refractivity contribution is 5.69. The van der Waals surface area contributed by atoms with Gasteiger partial charge in [0.2, 0.25) is 0 Å². The van der Waals surface area contributed by atoms with Crippen LogP contribution in [-0.4, -0.2) is 28.8 Å². The van der Waals surface area contributed by atoms with E-state index in [-0.39, 0.29) is 12.3 Å². The fraction of sp³-hybridized carbons (Fsp3) is 0.562. The molecule has 0 aliphatic heterocycles. The van der Waals surface area contributed by atoms with Crippen LogP contribution >= 0.6 is 0 Å². The summed E-state index contributed by atoms with van der Waals surface area (Å²) in [6, 6.07) is 4.49. The lowest BCUT2D eigenvalue weighted by Gasteiger charge is -2.23. The summed E-state index contributed by atoms with van der Waals surface area (Å²) in [7, 11) is 0. The van der Waals surface area contributed by atoms with Crippen LogP contribution in [0.4, 0.5) is 10.5 Å². The minimum atomic E-state index is -0.558. The number of nitrogens with one attached hydrogen (secondary N) is 1. The van der Waals surface area contributed by atoms with Gasteiger partial charge in [-0.1, -0.05) is 0 Å². The fourth-order valence-electron chi connectivity index (χ4n) is 2.05. The minimum absolute atomic E-state index is 0.0180. The number of nitro benzene ring substituents is 1. The predicted octanol–water partition coefficient (Wildman–Crippen LogP) is 3.34. The van der Waals surface area contributed by atoms with Gasteiger partial charge in [0, 0.05) is 6.07 Å². The molecule has 23 heavy (non-hydrogen) atoms. The summed E-state index contributed by atoms with van der Waals surface area (Å²) in [5.74, 6) is 0.455. The molecule has 0 heterocycles. The molecular weight excluding hydrogens is 300 g/mol. The van der Waals surface area contributed by atoms with Gasteiger partial charge >= 0.3 is 6.09 Å². The molecule has 1 aromatic carbocycles. The standard InChI is InChI=1S/C16H22N2O5/c1-11-5-6-12(18(20)21)9-13(11)22-10-16(7-8-16)17-14(19)23-15(2,3)4/h5-6,9H,7-8,10H2,1-4H3,(H,17,19). The zero-order chi connectivity index (χ0) is 17.3. The SMILES string of the molecule is Cc1ccc([N+](=O)[O-])cc1OCC1(NC(=O)OC(C)(C)C)CC1. The number of non-ortho nitro benzene ring substituents is 1. The second-order valence-corrected chi connectivity index (χ2v) is 6.90. The first-order valence-corrected chi connectivity index (χ1v) is 7.49. The van der Waals surface area contributed by atoms with Crippen molar-refractivity contribution in [3.63, 3.8) is 0 Å². The largest absolute Gasteiger partial charge is 0.491 e. The van der Waals surface area contributed by atoms with Crippen molar-refractivity contribution in [2.24, 2.45) is 0 Å². The average Bonchev–Trinajstić information content (AvgIpc) is 3.15. The number of carbonyl (C=O) groups excluding carboxylic acids is 1. The van der Waals surface area contributed by atoms with Gasteiger partial charge in [0.25, 0.3) is 5.69 Å². The summed E-state index contributed by atoms with van der Waals surface area (Å²) < 4.78 is 11.0. The van der Waals surface area contributed by atoms with E-state index in [2.05, 4.69) is 5.32 Å². The predicted molar refractivity (Wildman–Crippen MR) is 84.7 cm³/mol. The molecule has 1 aliphatic rings. The van der Waals surface area contributed by atoms with Crippen LogP contribution in [0.15, 0.2) is 18.2 Å². The van der Waals surface area contributed by atoms with Crippen molar-refractivity contribution in [3.05, 3.63) is 33.9 Å². The van der Waals surface area contributed by atoms with Crippen molar-refractivity contribution in [2.75, 3.05) is 6.61 Å². The van der Waals surface area contributed by atoms with Crippen molar-refractivity contribution < 1.29 is 19.2 Å². The molecule has 0 bridgehead atoms. The molecule has 1 fully saturated rings. The number of nitro groups is 1. The zero-order valence-electron chi connectivity index (χ0n) is 13.8. The van der Waals surface area contributed by atoms with E-state index in [4.69, 9.17) is 9.47 Å². The number of carbonyl (C=O) groups is 1. The molecule has 0 saturated heterocycles. The molecule has 0 aromatic heterocycles. The van der Waals surface area contributed by atoms with Crippen LogP contribution in [-0.2, 0) is 4.74 Å². The third-order valence-electron chi connectivity index (χ3n) is 3.51. The van der Waals surface area contributed by atoms with Crippen LogP contribution in [0.25, 0.3) is 0 Å². The molecule has 0 radical (unpaired) electrons. The van der Waals surface area contributed by atoms with Gasteiger partial charge in [-0.25, -0.2) is 4.79 Å². The Morgan fingerprint density at radius 1 is 1.39 bits per heavy atom. The number of rotatable bonds is 5. The number of hydrogen-bond donors (Lipinski definition) is 1. The zero-order valence-corrected chi connectivity index (χ0v) is 13.8. The summed E-state index contributed by atoms with van der Waals surface area (Å²) in [5, 5.41) is 13.7. The van der Waals surface area contributed by atoms with E-state index in [1.807, 2.05) is 6.92 Å². The van der Waals surface area contributed by atoms with Gasteiger partial charge in [0.15, 0.2) is 0 Å². The first kappa shape index (κ1) is 17.1. The van der Waals surface area contributed by atoms with Gasteiger partial charge < -0.3 is 14.8 Å².